The SMILES string of the molecule is CC(C)CNC(=O)CNC(=O)c1cc2sccc2n1C. The Morgan fingerprint density at radius 3 is 2.75 bits per heavy atom. The minimum Gasteiger partial charge on any atom is -0.354 e. The number of amides is 2. The third kappa shape index (κ3) is 3.19. The normalized spacial score (nSPS) is 11.0. The maximum absolute atomic E-state index is 12.1. The van der Waals surface area contributed by atoms with Gasteiger partial charge in [-0.05, 0) is 23.4 Å². The Morgan fingerprint density at radius 2 is 2.10 bits per heavy atom. The van der Waals surface area contributed by atoms with Gasteiger partial charge in [0.1, 0.15) is 5.69 Å². The highest BCUT2D eigenvalue weighted by molar-refractivity contribution is 7.17. The average Bonchev–Trinajstić information content (AvgIpc) is 2.97. The molecule has 0 spiro atoms. The Bertz CT molecular complexity index is 627. The molecule has 0 saturated heterocycles. The predicted molar refractivity (Wildman–Crippen MR) is 81.0 cm³/mol. The Hall–Kier alpha value is -1.82. The molecule has 5 nitrogen and oxygen atoms in total. The molecular formula is C14H19N3O2S. The summed E-state index contributed by atoms with van der Waals surface area (Å²) in [6.45, 7) is 4.67. The van der Waals surface area contributed by atoms with Crippen LogP contribution in [0.15, 0.2) is 17.5 Å². The zero-order valence-corrected chi connectivity index (χ0v) is 12.7. The number of thiophene rings is 1. The first-order valence-corrected chi connectivity index (χ1v) is 7.45. The number of aryl methyl sites for hydroxylation is 1. The zero-order chi connectivity index (χ0) is 14.7. The highest BCUT2D eigenvalue weighted by Gasteiger charge is 2.14. The fraction of sp³-hybridized carbons (Fsp3) is 0.429. The fourth-order valence-electron chi connectivity index (χ4n) is 1.90. The number of nitrogens with zero attached hydrogens (tertiary/aromatic N) is 1. The summed E-state index contributed by atoms with van der Waals surface area (Å²) in [7, 11) is 1.85. The molecule has 0 saturated carbocycles. The molecule has 0 atom stereocenters. The van der Waals surface area contributed by atoms with Crippen molar-refractivity contribution in [1.82, 2.24) is 15.2 Å². The Labute approximate surface area is 122 Å². The molecule has 0 aliphatic carbocycles. The monoisotopic (exact) mass is 293 g/mol. The Balaban J connectivity index is 1.93. The molecule has 2 amide bonds. The van der Waals surface area contributed by atoms with E-state index in [1.807, 2.05) is 43.0 Å². The van der Waals surface area contributed by atoms with E-state index in [2.05, 4.69) is 10.6 Å². The predicted octanol–water partition coefficient (Wildman–Crippen LogP) is 1.74. The fourth-order valence-corrected chi connectivity index (χ4v) is 2.75. The molecule has 0 aliphatic rings. The van der Waals surface area contributed by atoms with Crippen LogP contribution >= 0.6 is 11.3 Å². The molecule has 0 bridgehead atoms. The van der Waals surface area contributed by atoms with E-state index in [1.165, 1.54) is 0 Å². The summed E-state index contributed by atoms with van der Waals surface area (Å²) in [6, 6.07) is 3.83. The molecule has 20 heavy (non-hydrogen) atoms. The third-order valence-corrected chi connectivity index (χ3v) is 3.87. The van der Waals surface area contributed by atoms with Crippen molar-refractivity contribution in [2.75, 3.05) is 13.1 Å². The molecule has 0 aliphatic heterocycles. The number of hydrogen-bond acceptors (Lipinski definition) is 3. The van der Waals surface area contributed by atoms with Gasteiger partial charge in [0.25, 0.3) is 5.91 Å². The van der Waals surface area contributed by atoms with E-state index in [9.17, 15) is 9.59 Å². The van der Waals surface area contributed by atoms with Gasteiger partial charge in [0.15, 0.2) is 0 Å². The molecular weight excluding hydrogens is 274 g/mol. The van der Waals surface area contributed by atoms with Gasteiger partial charge in [-0.2, -0.15) is 0 Å². The lowest BCUT2D eigenvalue weighted by molar-refractivity contribution is -0.120. The lowest BCUT2D eigenvalue weighted by Crippen LogP contribution is -2.38. The summed E-state index contributed by atoms with van der Waals surface area (Å²) in [6.07, 6.45) is 0. The van der Waals surface area contributed by atoms with Gasteiger partial charge in [0.2, 0.25) is 5.91 Å². The van der Waals surface area contributed by atoms with E-state index in [0.717, 1.165) is 10.2 Å². The molecule has 2 aromatic rings. The second-order valence-electron chi connectivity index (χ2n) is 5.14. The number of hydrogen-bond donors (Lipinski definition) is 2. The van der Waals surface area contributed by atoms with Crippen molar-refractivity contribution in [3.63, 3.8) is 0 Å². The van der Waals surface area contributed by atoms with Crippen molar-refractivity contribution < 1.29 is 9.59 Å². The van der Waals surface area contributed by atoms with Gasteiger partial charge in [0, 0.05) is 13.6 Å². The lowest BCUT2D eigenvalue weighted by Gasteiger charge is -2.09. The molecule has 0 unspecified atom stereocenters. The van der Waals surface area contributed by atoms with Crippen LogP contribution in [0, 0.1) is 5.92 Å². The van der Waals surface area contributed by atoms with Crippen LogP contribution in [0.4, 0.5) is 0 Å². The molecule has 2 heterocycles. The average molecular weight is 293 g/mol. The standard InChI is InChI=1S/C14H19N3O2S/c1-9(2)7-15-13(18)8-16-14(19)11-6-12-10(17(11)3)4-5-20-12/h4-6,9H,7-8H2,1-3H3,(H,15,18)(H,16,19). The highest BCUT2D eigenvalue weighted by atomic mass is 32.1. The smallest absolute Gasteiger partial charge is 0.268 e. The summed E-state index contributed by atoms with van der Waals surface area (Å²) in [4.78, 5) is 23.6. The van der Waals surface area contributed by atoms with E-state index in [4.69, 9.17) is 0 Å². The summed E-state index contributed by atoms with van der Waals surface area (Å²) < 4.78 is 2.91. The number of carbonyl (C=O) groups is 2. The quantitative estimate of drug-likeness (QED) is 0.882. The first-order valence-electron chi connectivity index (χ1n) is 6.57. The van der Waals surface area contributed by atoms with E-state index in [1.54, 1.807) is 11.3 Å². The summed E-state index contributed by atoms with van der Waals surface area (Å²) in [5, 5.41) is 7.41. The van der Waals surface area contributed by atoms with Crippen LogP contribution in [0.1, 0.15) is 24.3 Å². The van der Waals surface area contributed by atoms with Crippen molar-refractivity contribution in [3.8, 4) is 0 Å². The van der Waals surface area contributed by atoms with Crippen LogP contribution in [0.5, 0.6) is 0 Å². The number of rotatable bonds is 5. The van der Waals surface area contributed by atoms with Crippen LogP contribution in [0.3, 0.4) is 0 Å². The van der Waals surface area contributed by atoms with E-state index in [-0.39, 0.29) is 18.4 Å². The van der Waals surface area contributed by atoms with Crippen molar-refractivity contribution in [1.29, 1.82) is 0 Å². The van der Waals surface area contributed by atoms with Crippen LogP contribution in [-0.4, -0.2) is 29.5 Å². The van der Waals surface area contributed by atoms with Crippen LogP contribution in [0.25, 0.3) is 10.2 Å². The second-order valence-corrected chi connectivity index (χ2v) is 6.09. The number of aromatic nitrogens is 1. The van der Waals surface area contributed by atoms with Gasteiger partial charge in [-0.15, -0.1) is 11.3 Å². The van der Waals surface area contributed by atoms with Gasteiger partial charge in [-0.1, -0.05) is 13.8 Å². The van der Waals surface area contributed by atoms with Gasteiger partial charge in [0.05, 0.1) is 16.8 Å². The number of nitrogens with one attached hydrogen (secondary N) is 2. The molecule has 6 heteroatoms. The van der Waals surface area contributed by atoms with E-state index in [0.29, 0.717) is 18.2 Å². The summed E-state index contributed by atoms with van der Waals surface area (Å²) in [5.74, 6) is 0.00739. The second kappa shape index (κ2) is 6.09. The molecule has 108 valence electrons. The summed E-state index contributed by atoms with van der Waals surface area (Å²) in [5.41, 5.74) is 1.60. The van der Waals surface area contributed by atoms with Gasteiger partial charge >= 0.3 is 0 Å². The first-order chi connectivity index (χ1) is 9.49. The van der Waals surface area contributed by atoms with E-state index >= 15 is 0 Å². The third-order valence-electron chi connectivity index (χ3n) is 3.01. The number of carbonyl (C=O) groups excluding carboxylic acids is 2. The van der Waals surface area contributed by atoms with Gasteiger partial charge in [-0.3, -0.25) is 9.59 Å². The number of fused-ring (bicyclic) bond motifs is 1. The highest BCUT2D eigenvalue weighted by Crippen LogP contribution is 2.23. The van der Waals surface area contributed by atoms with Crippen molar-refractivity contribution >= 4 is 33.4 Å². The molecule has 2 rings (SSSR count). The Kier molecular flexibility index (Phi) is 4.44. The zero-order valence-electron chi connectivity index (χ0n) is 11.9. The van der Waals surface area contributed by atoms with Gasteiger partial charge in [-0.25, -0.2) is 0 Å². The van der Waals surface area contributed by atoms with Crippen LogP contribution < -0.4 is 10.6 Å². The van der Waals surface area contributed by atoms with Crippen LogP contribution in [0.2, 0.25) is 0 Å². The van der Waals surface area contributed by atoms with Crippen molar-refractivity contribution in [3.05, 3.63) is 23.2 Å². The van der Waals surface area contributed by atoms with Crippen molar-refractivity contribution in [2.45, 2.75) is 13.8 Å². The minimum atomic E-state index is -0.226. The largest absolute Gasteiger partial charge is 0.354 e. The maximum Gasteiger partial charge on any atom is 0.268 e. The molecule has 2 N–H and O–H groups in total. The van der Waals surface area contributed by atoms with Crippen LogP contribution in [-0.2, 0) is 11.8 Å². The Morgan fingerprint density at radius 1 is 1.35 bits per heavy atom. The summed E-state index contributed by atoms with van der Waals surface area (Å²) >= 11 is 1.60. The molecule has 0 aromatic carbocycles. The molecule has 2 aromatic heterocycles. The minimum absolute atomic E-state index is 0.00435. The van der Waals surface area contributed by atoms with E-state index < -0.39 is 0 Å². The molecule has 0 radical (unpaired) electrons. The lowest BCUT2D eigenvalue weighted by atomic mass is 10.2. The molecule has 0 fully saturated rings. The first kappa shape index (κ1) is 14.6. The van der Waals surface area contributed by atoms with Crippen molar-refractivity contribution in [2.24, 2.45) is 13.0 Å². The topological polar surface area (TPSA) is 63.1 Å². The van der Waals surface area contributed by atoms with Gasteiger partial charge < -0.3 is 15.2 Å². The maximum atomic E-state index is 12.1.